The summed E-state index contributed by atoms with van der Waals surface area (Å²) < 4.78 is 29.4. The number of nitrogens with one attached hydrogen (secondary N) is 1. The van der Waals surface area contributed by atoms with E-state index in [1.165, 1.54) is 19.2 Å². The zero-order valence-electron chi connectivity index (χ0n) is 13.5. The number of aromatic hydroxyl groups is 1. The summed E-state index contributed by atoms with van der Waals surface area (Å²) >= 11 is 0. The molecule has 0 spiro atoms. The molecule has 2 aromatic rings. The second-order valence-electron chi connectivity index (χ2n) is 5.60. The predicted octanol–water partition coefficient (Wildman–Crippen LogP) is 2.74. The lowest BCUT2D eigenvalue weighted by molar-refractivity contribution is -0.0172. The van der Waals surface area contributed by atoms with Crippen molar-refractivity contribution in [3.63, 3.8) is 0 Å². The fourth-order valence-corrected chi connectivity index (χ4v) is 2.74. The molecule has 1 aliphatic heterocycles. The summed E-state index contributed by atoms with van der Waals surface area (Å²) in [6, 6.07) is 8.23. The zero-order chi connectivity index (χ0) is 16.9. The highest BCUT2D eigenvalue weighted by Crippen LogP contribution is 2.29. The van der Waals surface area contributed by atoms with Crippen LogP contribution in [0.3, 0.4) is 0 Å². The number of halogens is 1. The van der Waals surface area contributed by atoms with Crippen LogP contribution in [0.4, 0.5) is 4.39 Å². The number of phenols is 1. The lowest BCUT2D eigenvalue weighted by Gasteiger charge is -2.21. The Balaban J connectivity index is 1.57. The van der Waals surface area contributed by atoms with Gasteiger partial charge in [0.1, 0.15) is 11.6 Å². The molecule has 3 rings (SSSR count). The molecule has 2 aromatic carbocycles. The third-order valence-electron chi connectivity index (χ3n) is 3.90. The maximum Gasteiger partial charge on any atom is 0.189 e. The first kappa shape index (κ1) is 16.5. The number of benzene rings is 2. The Morgan fingerprint density at radius 3 is 2.96 bits per heavy atom. The lowest BCUT2D eigenvalue weighted by atomic mass is 10.1. The number of fused-ring (bicyclic) bond motifs is 1. The molecular formula is C18H20FNO4. The smallest absolute Gasteiger partial charge is 0.189 e. The standard InChI is InChI=1S/C18H20FNO4/c1-22-17-3-2-12(6-16(17)21)9-20-5-4-13-7-15(19)8-14-10-23-11-24-18(13)14/h2-3,6-8,20-21H,4-5,9-11H2,1H3. The molecule has 6 heteroatoms. The van der Waals surface area contributed by atoms with Gasteiger partial charge in [-0.15, -0.1) is 0 Å². The third kappa shape index (κ3) is 3.77. The van der Waals surface area contributed by atoms with Crippen molar-refractivity contribution < 1.29 is 23.7 Å². The van der Waals surface area contributed by atoms with Gasteiger partial charge < -0.3 is 24.6 Å². The predicted molar refractivity (Wildman–Crippen MR) is 86.8 cm³/mol. The molecular weight excluding hydrogens is 313 g/mol. The summed E-state index contributed by atoms with van der Waals surface area (Å²) in [5, 5.41) is 13.0. The van der Waals surface area contributed by atoms with Gasteiger partial charge in [0.2, 0.25) is 0 Å². The van der Waals surface area contributed by atoms with Crippen LogP contribution in [0, 0.1) is 5.82 Å². The van der Waals surface area contributed by atoms with Crippen molar-refractivity contribution in [3.05, 3.63) is 52.8 Å². The van der Waals surface area contributed by atoms with Crippen LogP contribution in [0.25, 0.3) is 0 Å². The van der Waals surface area contributed by atoms with E-state index in [-0.39, 0.29) is 18.4 Å². The summed E-state index contributed by atoms with van der Waals surface area (Å²) in [5.74, 6) is 1.01. The van der Waals surface area contributed by atoms with E-state index in [1.807, 2.05) is 6.07 Å². The van der Waals surface area contributed by atoms with Crippen molar-refractivity contribution in [3.8, 4) is 17.2 Å². The van der Waals surface area contributed by atoms with Crippen LogP contribution in [-0.4, -0.2) is 25.6 Å². The largest absolute Gasteiger partial charge is 0.504 e. The minimum Gasteiger partial charge on any atom is -0.504 e. The van der Waals surface area contributed by atoms with Crippen LogP contribution in [0.5, 0.6) is 17.2 Å². The molecule has 0 saturated heterocycles. The van der Waals surface area contributed by atoms with Gasteiger partial charge in [-0.2, -0.15) is 0 Å². The molecule has 0 fully saturated rings. The monoisotopic (exact) mass is 333 g/mol. The minimum atomic E-state index is -0.280. The van der Waals surface area contributed by atoms with Gasteiger partial charge in [-0.25, -0.2) is 4.39 Å². The Kier molecular flexibility index (Phi) is 5.17. The summed E-state index contributed by atoms with van der Waals surface area (Å²) in [6.45, 7) is 1.83. The molecule has 5 nitrogen and oxygen atoms in total. The molecule has 0 unspecified atom stereocenters. The maximum atomic E-state index is 13.7. The summed E-state index contributed by atoms with van der Waals surface area (Å²) in [4.78, 5) is 0. The van der Waals surface area contributed by atoms with E-state index in [0.29, 0.717) is 31.9 Å². The van der Waals surface area contributed by atoms with Gasteiger partial charge in [-0.1, -0.05) is 6.07 Å². The van der Waals surface area contributed by atoms with Gasteiger partial charge in [-0.05, 0) is 48.4 Å². The second-order valence-corrected chi connectivity index (χ2v) is 5.60. The van der Waals surface area contributed by atoms with Crippen molar-refractivity contribution in [1.82, 2.24) is 5.32 Å². The number of hydrogen-bond donors (Lipinski definition) is 2. The molecule has 0 saturated carbocycles. The Morgan fingerprint density at radius 2 is 2.17 bits per heavy atom. The maximum absolute atomic E-state index is 13.7. The van der Waals surface area contributed by atoms with Crippen LogP contribution in [0.2, 0.25) is 0 Å². The molecule has 0 aromatic heterocycles. The van der Waals surface area contributed by atoms with Crippen molar-refractivity contribution in [2.24, 2.45) is 0 Å². The van der Waals surface area contributed by atoms with Crippen LogP contribution in [0.15, 0.2) is 30.3 Å². The van der Waals surface area contributed by atoms with Crippen molar-refractivity contribution in [1.29, 1.82) is 0 Å². The number of rotatable bonds is 6. The molecule has 128 valence electrons. The van der Waals surface area contributed by atoms with Crippen LogP contribution < -0.4 is 14.8 Å². The number of phenolic OH excluding ortho intramolecular Hbond substituents is 1. The summed E-state index contributed by atoms with van der Waals surface area (Å²) in [6.07, 6.45) is 0.641. The van der Waals surface area contributed by atoms with E-state index in [0.717, 1.165) is 22.4 Å². The highest BCUT2D eigenvalue weighted by atomic mass is 19.1. The van der Waals surface area contributed by atoms with E-state index in [1.54, 1.807) is 12.1 Å². The lowest BCUT2D eigenvalue weighted by Crippen LogP contribution is -2.19. The zero-order valence-corrected chi connectivity index (χ0v) is 13.5. The number of methoxy groups -OCH3 is 1. The molecule has 2 N–H and O–H groups in total. The van der Waals surface area contributed by atoms with E-state index >= 15 is 0 Å². The Bertz CT molecular complexity index is 720. The Labute approximate surface area is 140 Å². The fraction of sp³-hybridized carbons (Fsp3) is 0.333. The van der Waals surface area contributed by atoms with Crippen LogP contribution in [0.1, 0.15) is 16.7 Å². The van der Waals surface area contributed by atoms with Crippen molar-refractivity contribution >= 4 is 0 Å². The quantitative estimate of drug-likeness (QED) is 0.796. The van der Waals surface area contributed by atoms with Gasteiger partial charge in [0.15, 0.2) is 18.3 Å². The molecule has 1 heterocycles. The molecule has 0 atom stereocenters. The topological polar surface area (TPSA) is 60.0 Å². The number of ether oxygens (including phenoxy) is 3. The normalized spacial score (nSPS) is 13.2. The highest BCUT2D eigenvalue weighted by molar-refractivity contribution is 5.43. The highest BCUT2D eigenvalue weighted by Gasteiger charge is 2.16. The summed E-state index contributed by atoms with van der Waals surface area (Å²) in [5.41, 5.74) is 2.52. The Hall–Kier alpha value is -2.31. The first-order chi connectivity index (χ1) is 11.7. The Morgan fingerprint density at radius 1 is 1.29 bits per heavy atom. The first-order valence-electron chi connectivity index (χ1n) is 7.76. The minimum absolute atomic E-state index is 0.115. The second kappa shape index (κ2) is 7.51. The van der Waals surface area contributed by atoms with Crippen LogP contribution >= 0.6 is 0 Å². The molecule has 24 heavy (non-hydrogen) atoms. The fourth-order valence-electron chi connectivity index (χ4n) is 2.74. The first-order valence-corrected chi connectivity index (χ1v) is 7.76. The van der Waals surface area contributed by atoms with Crippen molar-refractivity contribution in [2.75, 3.05) is 20.4 Å². The number of hydrogen-bond acceptors (Lipinski definition) is 5. The summed E-state index contributed by atoms with van der Waals surface area (Å²) in [7, 11) is 1.51. The molecule has 0 radical (unpaired) electrons. The SMILES string of the molecule is COc1ccc(CNCCc2cc(F)cc3c2OCOC3)cc1O. The van der Waals surface area contributed by atoms with E-state index in [2.05, 4.69) is 5.32 Å². The van der Waals surface area contributed by atoms with Gasteiger partial charge in [0.25, 0.3) is 0 Å². The van der Waals surface area contributed by atoms with Gasteiger partial charge in [0, 0.05) is 12.1 Å². The molecule has 0 amide bonds. The van der Waals surface area contributed by atoms with Crippen molar-refractivity contribution in [2.45, 2.75) is 19.6 Å². The third-order valence-corrected chi connectivity index (χ3v) is 3.90. The van der Waals surface area contributed by atoms with E-state index in [9.17, 15) is 9.50 Å². The van der Waals surface area contributed by atoms with E-state index < -0.39 is 0 Å². The van der Waals surface area contributed by atoms with Crippen LogP contribution in [-0.2, 0) is 24.3 Å². The molecule has 1 aliphatic rings. The van der Waals surface area contributed by atoms with Gasteiger partial charge in [0.05, 0.1) is 13.7 Å². The average molecular weight is 333 g/mol. The molecule has 0 bridgehead atoms. The van der Waals surface area contributed by atoms with Gasteiger partial charge >= 0.3 is 0 Å². The van der Waals surface area contributed by atoms with E-state index in [4.69, 9.17) is 14.2 Å². The molecule has 0 aliphatic carbocycles. The average Bonchev–Trinajstić information content (AvgIpc) is 2.58. The van der Waals surface area contributed by atoms with Gasteiger partial charge in [-0.3, -0.25) is 0 Å².